The Bertz CT molecular complexity index is 774. The van der Waals surface area contributed by atoms with Gasteiger partial charge in [-0.3, -0.25) is 10.1 Å². The maximum absolute atomic E-state index is 11.9. The summed E-state index contributed by atoms with van der Waals surface area (Å²) in [6.07, 6.45) is 2.54. The first kappa shape index (κ1) is 15.5. The van der Waals surface area contributed by atoms with E-state index in [1.807, 2.05) is 5.38 Å². The molecule has 0 spiro atoms. The third-order valence-corrected chi connectivity index (χ3v) is 4.12. The zero-order valence-electron chi connectivity index (χ0n) is 13.1. The fourth-order valence-corrected chi connectivity index (χ4v) is 3.03. The minimum atomic E-state index is -0.289. The molecule has 1 aromatic carbocycles. The molecule has 3 aromatic rings. The second-order valence-electron chi connectivity index (χ2n) is 5.76. The van der Waals surface area contributed by atoms with Crippen LogP contribution in [0.5, 0.6) is 0 Å². The Morgan fingerprint density at radius 2 is 2.04 bits per heavy atom. The number of aromatic nitrogens is 1. The lowest BCUT2D eigenvalue weighted by atomic mass is 10.0. The standard InChI is InChI=1S/C18H18N2O2S/c1-12(2)10-13-5-7-14(8-6-13)15-11-23-18(19-15)20-17(21)16-4-3-9-22-16/h3-9,11-12H,10H2,1-2H3,(H,19,20,21). The fraction of sp³-hybridized carbons (Fsp3) is 0.222. The van der Waals surface area contributed by atoms with Crippen LogP contribution in [0.15, 0.2) is 52.5 Å². The van der Waals surface area contributed by atoms with Crippen LogP contribution in [-0.2, 0) is 6.42 Å². The van der Waals surface area contributed by atoms with Crippen molar-refractivity contribution in [3.8, 4) is 11.3 Å². The van der Waals surface area contributed by atoms with Crippen LogP contribution in [0.4, 0.5) is 5.13 Å². The normalized spacial score (nSPS) is 10.9. The number of anilines is 1. The van der Waals surface area contributed by atoms with E-state index in [1.165, 1.54) is 23.2 Å². The van der Waals surface area contributed by atoms with E-state index in [0.29, 0.717) is 11.0 Å². The molecule has 0 aliphatic rings. The topological polar surface area (TPSA) is 55.1 Å². The Labute approximate surface area is 139 Å². The van der Waals surface area contributed by atoms with Crippen LogP contribution < -0.4 is 5.32 Å². The Kier molecular flexibility index (Phi) is 4.57. The van der Waals surface area contributed by atoms with E-state index in [2.05, 4.69) is 48.4 Å². The molecule has 0 aliphatic heterocycles. The Morgan fingerprint density at radius 1 is 1.26 bits per heavy atom. The van der Waals surface area contributed by atoms with E-state index in [0.717, 1.165) is 17.7 Å². The van der Waals surface area contributed by atoms with Crippen molar-refractivity contribution in [2.45, 2.75) is 20.3 Å². The third kappa shape index (κ3) is 3.87. The molecule has 118 valence electrons. The molecule has 1 amide bonds. The van der Waals surface area contributed by atoms with Crippen molar-refractivity contribution in [1.82, 2.24) is 4.98 Å². The number of hydrogen-bond donors (Lipinski definition) is 1. The number of nitrogens with zero attached hydrogens (tertiary/aromatic N) is 1. The maximum atomic E-state index is 11.9. The van der Waals surface area contributed by atoms with Gasteiger partial charge in [0, 0.05) is 10.9 Å². The quantitative estimate of drug-likeness (QED) is 0.729. The van der Waals surface area contributed by atoms with E-state index in [-0.39, 0.29) is 11.7 Å². The molecule has 0 saturated carbocycles. The molecule has 0 fully saturated rings. The summed E-state index contributed by atoms with van der Waals surface area (Å²) >= 11 is 1.40. The van der Waals surface area contributed by atoms with E-state index in [9.17, 15) is 4.79 Å². The summed E-state index contributed by atoms with van der Waals surface area (Å²) in [5.74, 6) is 0.631. The monoisotopic (exact) mass is 326 g/mol. The highest BCUT2D eigenvalue weighted by Crippen LogP contribution is 2.26. The summed E-state index contributed by atoms with van der Waals surface area (Å²) in [7, 11) is 0. The van der Waals surface area contributed by atoms with E-state index in [1.54, 1.807) is 12.1 Å². The molecule has 0 aliphatic carbocycles. The number of carbonyl (C=O) groups excluding carboxylic acids is 1. The number of rotatable bonds is 5. The van der Waals surface area contributed by atoms with Gasteiger partial charge in [0.2, 0.25) is 0 Å². The number of furan rings is 1. The highest BCUT2D eigenvalue weighted by Gasteiger charge is 2.12. The summed E-state index contributed by atoms with van der Waals surface area (Å²) in [6, 6.07) is 11.7. The van der Waals surface area contributed by atoms with Crippen LogP contribution in [0.1, 0.15) is 30.0 Å². The molecule has 0 saturated heterocycles. The number of thiazole rings is 1. The van der Waals surface area contributed by atoms with Gasteiger partial charge in [-0.1, -0.05) is 38.1 Å². The van der Waals surface area contributed by atoms with Gasteiger partial charge >= 0.3 is 0 Å². The SMILES string of the molecule is CC(C)Cc1ccc(-c2csc(NC(=O)c3ccco3)n2)cc1. The zero-order valence-corrected chi connectivity index (χ0v) is 13.9. The minimum Gasteiger partial charge on any atom is -0.459 e. The smallest absolute Gasteiger partial charge is 0.293 e. The van der Waals surface area contributed by atoms with Crippen LogP contribution in [0.25, 0.3) is 11.3 Å². The van der Waals surface area contributed by atoms with Crippen LogP contribution in [0.2, 0.25) is 0 Å². The van der Waals surface area contributed by atoms with Crippen molar-refractivity contribution in [3.05, 3.63) is 59.4 Å². The average Bonchev–Trinajstić information content (AvgIpc) is 3.18. The molecule has 2 aromatic heterocycles. The molecule has 1 N–H and O–H groups in total. The first-order valence-corrected chi connectivity index (χ1v) is 8.39. The van der Waals surface area contributed by atoms with Gasteiger partial charge in [0.25, 0.3) is 5.91 Å². The van der Waals surface area contributed by atoms with Gasteiger partial charge in [-0.2, -0.15) is 0 Å². The van der Waals surface area contributed by atoms with E-state index >= 15 is 0 Å². The molecule has 5 heteroatoms. The van der Waals surface area contributed by atoms with Crippen molar-refractivity contribution in [3.63, 3.8) is 0 Å². The summed E-state index contributed by atoms with van der Waals surface area (Å²) in [4.78, 5) is 16.4. The van der Waals surface area contributed by atoms with Gasteiger partial charge in [0.05, 0.1) is 12.0 Å². The molecule has 4 nitrogen and oxygen atoms in total. The minimum absolute atomic E-state index is 0.278. The fourth-order valence-electron chi connectivity index (χ4n) is 2.31. The van der Waals surface area contributed by atoms with Crippen molar-refractivity contribution < 1.29 is 9.21 Å². The van der Waals surface area contributed by atoms with Gasteiger partial charge in [-0.05, 0) is 30.0 Å². The summed E-state index contributed by atoms with van der Waals surface area (Å²) in [5.41, 5.74) is 3.23. The molecular formula is C18H18N2O2S. The molecule has 2 heterocycles. The number of nitrogens with one attached hydrogen (secondary N) is 1. The van der Waals surface area contributed by atoms with E-state index < -0.39 is 0 Å². The van der Waals surface area contributed by atoms with E-state index in [4.69, 9.17) is 4.42 Å². The van der Waals surface area contributed by atoms with Crippen molar-refractivity contribution in [1.29, 1.82) is 0 Å². The first-order chi connectivity index (χ1) is 11.1. The molecule has 3 rings (SSSR count). The highest BCUT2D eigenvalue weighted by atomic mass is 32.1. The Morgan fingerprint density at radius 3 is 2.70 bits per heavy atom. The van der Waals surface area contributed by atoms with Gasteiger partial charge < -0.3 is 4.42 Å². The average molecular weight is 326 g/mol. The van der Waals surface area contributed by atoms with Crippen LogP contribution in [0, 0.1) is 5.92 Å². The molecule has 0 radical (unpaired) electrons. The molecule has 0 unspecified atom stereocenters. The van der Waals surface area contributed by atoms with Crippen molar-refractivity contribution in [2.24, 2.45) is 5.92 Å². The second kappa shape index (κ2) is 6.79. The van der Waals surface area contributed by atoms with Gasteiger partial charge in [-0.25, -0.2) is 4.98 Å². The molecule has 0 atom stereocenters. The molecular weight excluding hydrogens is 308 g/mol. The van der Waals surface area contributed by atoms with Gasteiger partial charge in [0.15, 0.2) is 10.9 Å². The first-order valence-electron chi connectivity index (χ1n) is 7.51. The van der Waals surface area contributed by atoms with Gasteiger partial charge in [0.1, 0.15) is 0 Å². The number of benzene rings is 1. The predicted octanol–water partition coefficient (Wildman–Crippen LogP) is 4.85. The van der Waals surface area contributed by atoms with Crippen LogP contribution in [-0.4, -0.2) is 10.9 Å². The summed E-state index contributed by atoms with van der Waals surface area (Å²) in [5, 5.41) is 5.25. The lowest BCUT2D eigenvalue weighted by Gasteiger charge is -2.05. The summed E-state index contributed by atoms with van der Waals surface area (Å²) < 4.78 is 5.07. The number of carbonyl (C=O) groups is 1. The van der Waals surface area contributed by atoms with Crippen LogP contribution in [0.3, 0.4) is 0 Å². The molecule has 23 heavy (non-hydrogen) atoms. The second-order valence-corrected chi connectivity index (χ2v) is 6.62. The predicted molar refractivity (Wildman–Crippen MR) is 92.8 cm³/mol. The third-order valence-electron chi connectivity index (χ3n) is 3.36. The summed E-state index contributed by atoms with van der Waals surface area (Å²) in [6.45, 7) is 4.42. The number of hydrogen-bond acceptors (Lipinski definition) is 4. The van der Waals surface area contributed by atoms with Crippen molar-refractivity contribution >= 4 is 22.4 Å². The lowest BCUT2D eigenvalue weighted by molar-refractivity contribution is 0.0996. The van der Waals surface area contributed by atoms with Crippen molar-refractivity contribution in [2.75, 3.05) is 5.32 Å². The number of amides is 1. The van der Waals surface area contributed by atoms with Crippen LogP contribution >= 0.6 is 11.3 Å². The van der Waals surface area contributed by atoms with Gasteiger partial charge in [-0.15, -0.1) is 11.3 Å². The Balaban J connectivity index is 1.70. The Hall–Kier alpha value is -2.40. The largest absolute Gasteiger partial charge is 0.459 e. The lowest BCUT2D eigenvalue weighted by Crippen LogP contribution is -2.10. The molecule has 0 bridgehead atoms. The highest BCUT2D eigenvalue weighted by molar-refractivity contribution is 7.14. The zero-order chi connectivity index (χ0) is 16.2. The maximum Gasteiger partial charge on any atom is 0.293 e.